The number of carbonyl (C=O) groups is 1. The molecule has 0 saturated carbocycles. The lowest BCUT2D eigenvalue weighted by atomic mass is 10.1. The van der Waals surface area contributed by atoms with E-state index in [1.54, 1.807) is 36.4 Å². The molecule has 0 saturated heterocycles. The second-order valence-corrected chi connectivity index (χ2v) is 4.25. The van der Waals surface area contributed by atoms with E-state index in [1.807, 2.05) is 13.0 Å². The number of hydrogen-bond acceptors (Lipinski definition) is 2. The number of nitrogens with one attached hydrogen (secondary N) is 1. The van der Waals surface area contributed by atoms with Crippen LogP contribution in [0.15, 0.2) is 42.5 Å². The van der Waals surface area contributed by atoms with Gasteiger partial charge in [0, 0.05) is 22.5 Å². The Balaban J connectivity index is 2.23. The Morgan fingerprint density at radius 2 is 2.05 bits per heavy atom. The van der Waals surface area contributed by atoms with Gasteiger partial charge in [0.15, 0.2) is 0 Å². The van der Waals surface area contributed by atoms with Gasteiger partial charge >= 0.3 is 0 Å². The zero-order chi connectivity index (χ0) is 13.8. The van der Waals surface area contributed by atoms with Crippen molar-refractivity contribution in [1.29, 1.82) is 0 Å². The van der Waals surface area contributed by atoms with Crippen molar-refractivity contribution in [3.8, 4) is 12.3 Å². The highest BCUT2D eigenvalue weighted by molar-refractivity contribution is 6.04. The number of hydrogen-bond donors (Lipinski definition) is 2. The summed E-state index contributed by atoms with van der Waals surface area (Å²) in [6.45, 7) is 1.91. The number of nitrogens with two attached hydrogens (primary N) is 1. The maximum Gasteiger partial charge on any atom is 0.255 e. The van der Waals surface area contributed by atoms with Crippen molar-refractivity contribution in [3.05, 3.63) is 59.2 Å². The number of anilines is 2. The normalized spacial score (nSPS) is 9.68. The Bertz CT molecular complexity index is 669. The average Bonchev–Trinajstić information content (AvgIpc) is 2.39. The molecule has 0 atom stereocenters. The number of rotatable bonds is 2. The van der Waals surface area contributed by atoms with E-state index in [9.17, 15) is 4.79 Å². The fourth-order valence-corrected chi connectivity index (χ4v) is 1.74. The molecule has 2 rings (SSSR count). The van der Waals surface area contributed by atoms with Crippen LogP contribution in [0.1, 0.15) is 21.5 Å². The Morgan fingerprint density at radius 1 is 1.26 bits per heavy atom. The smallest absolute Gasteiger partial charge is 0.255 e. The zero-order valence-electron chi connectivity index (χ0n) is 10.6. The molecule has 0 spiro atoms. The predicted molar refractivity (Wildman–Crippen MR) is 77.9 cm³/mol. The molecule has 3 N–H and O–H groups in total. The van der Waals surface area contributed by atoms with Crippen molar-refractivity contribution >= 4 is 17.3 Å². The minimum atomic E-state index is -0.206. The van der Waals surface area contributed by atoms with Gasteiger partial charge in [0.1, 0.15) is 0 Å². The number of aryl methyl sites for hydroxylation is 1. The molecular formula is C16H14N2O. The van der Waals surface area contributed by atoms with Crippen molar-refractivity contribution in [2.45, 2.75) is 6.92 Å². The molecule has 0 radical (unpaired) electrons. The Labute approximate surface area is 112 Å². The van der Waals surface area contributed by atoms with Crippen LogP contribution >= 0.6 is 0 Å². The van der Waals surface area contributed by atoms with Crippen molar-refractivity contribution < 1.29 is 4.79 Å². The number of terminal acetylenes is 1. The number of benzene rings is 2. The quantitative estimate of drug-likeness (QED) is 0.636. The van der Waals surface area contributed by atoms with Crippen LogP contribution in [-0.2, 0) is 0 Å². The van der Waals surface area contributed by atoms with E-state index < -0.39 is 0 Å². The highest BCUT2D eigenvalue weighted by Crippen LogP contribution is 2.15. The fourth-order valence-electron chi connectivity index (χ4n) is 1.74. The minimum Gasteiger partial charge on any atom is -0.399 e. The number of nitrogen functional groups attached to an aromatic ring is 1. The highest BCUT2D eigenvalue weighted by atomic mass is 16.1. The topological polar surface area (TPSA) is 55.1 Å². The van der Waals surface area contributed by atoms with Gasteiger partial charge in [-0.1, -0.05) is 18.1 Å². The molecule has 94 valence electrons. The van der Waals surface area contributed by atoms with Crippen molar-refractivity contribution in [2.24, 2.45) is 0 Å². The summed E-state index contributed by atoms with van der Waals surface area (Å²) in [4.78, 5) is 12.1. The molecule has 0 aliphatic carbocycles. The highest BCUT2D eigenvalue weighted by Gasteiger charge is 2.07. The standard InChI is InChI=1S/C16H14N2O/c1-3-12-9-13(8-7-11(12)2)16(19)18-15-6-4-5-14(17)10-15/h1,4-10H,17H2,2H3,(H,18,19). The van der Waals surface area contributed by atoms with E-state index in [-0.39, 0.29) is 5.91 Å². The Hall–Kier alpha value is -2.73. The Morgan fingerprint density at radius 3 is 2.74 bits per heavy atom. The summed E-state index contributed by atoms with van der Waals surface area (Å²) < 4.78 is 0. The molecule has 2 aromatic carbocycles. The summed E-state index contributed by atoms with van der Waals surface area (Å²) in [5, 5.41) is 2.78. The minimum absolute atomic E-state index is 0.206. The molecule has 0 fully saturated rings. The van der Waals surface area contributed by atoms with Crippen LogP contribution in [0.2, 0.25) is 0 Å². The predicted octanol–water partition coefficient (Wildman–Crippen LogP) is 2.81. The van der Waals surface area contributed by atoms with E-state index in [4.69, 9.17) is 12.2 Å². The molecule has 0 aliphatic heterocycles. The van der Waals surface area contributed by atoms with E-state index in [0.717, 1.165) is 11.1 Å². The zero-order valence-corrected chi connectivity index (χ0v) is 10.6. The summed E-state index contributed by atoms with van der Waals surface area (Å²) in [5.74, 6) is 2.36. The largest absolute Gasteiger partial charge is 0.399 e. The molecule has 0 unspecified atom stereocenters. The van der Waals surface area contributed by atoms with Crippen LogP contribution < -0.4 is 11.1 Å². The van der Waals surface area contributed by atoms with Crippen LogP contribution in [0.4, 0.5) is 11.4 Å². The maximum absolute atomic E-state index is 12.1. The van der Waals surface area contributed by atoms with E-state index in [2.05, 4.69) is 11.2 Å². The van der Waals surface area contributed by atoms with Gasteiger partial charge in [-0.25, -0.2) is 0 Å². The second-order valence-electron chi connectivity index (χ2n) is 4.25. The lowest BCUT2D eigenvalue weighted by molar-refractivity contribution is 0.102. The molecular weight excluding hydrogens is 236 g/mol. The molecule has 0 aliphatic rings. The Kier molecular flexibility index (Phi) is 3.53. The molecule has 3 heteroatoms. The summed E-state index contributed by atoms with van der Waals surface area (Å²) in [6.07, 6.45) is 5.39. The molecule has 0 bridgehead atoms. The third-order valence-electron chi connectivity index (χ3n) is 2.80. The van der Waals surface area contributed by atoms with Gasteiger partial charge in [-0.3, -0.25) is 4.79 Å². The summed E-state index contributed by atoms with van der Waals surface area (Å²) in [7, 11) is 0. The van der Waals surface area contributed by atoms with Gasteiger partial charge < -0.3 is 11.1 Å². The average molecular weight is 250 g/mol. The number of amides is 1. The maximum atomic E-state index is 12.1. The first-order chi connectivity index (χ1) is 9.10. The molecule has 1 amide bonds. The SMILES string of the molecule is C#Cc1cc(C(=O)Nc2cccc(N)c2)ccc1C. The van der Waals surface area contributed by atoms with Gasteiger partial charge in [-0.05, 0) is 42.8 Å². The first-order valence-corrected chi connectivity index (χ1v) is 5.84. The van der Waals surface area contributed by atoms with Gasteiger partial charge in [0.25, 0.3) is 5.91 Å². The first kappa shape index (κ1) is 12.7. The van der Waals surface area contributed by atoms with Crippen molar-refractivity contribution in [3.63, 3.8) is 0 Å². The van der Waals surface area contributed by atoms with E-state index in [1.165, 1.54) is 0 Å². The first-order valence-electron chi connectivity index (χ1n) is 5.84. The summed E-state index contributed by atoms with van der Waals surface area (Å²) in [5.41, 5.74) is 9.15. The van der Waals surface area contributed by atoms with E-state index in [0.29, 0.717) is 16.9 Å². The number of carbonyl (C=O) groups excluding carboxylic acids is 1. The molecule has 3 nitrogen and oxygen atoms in total. The van der Waals surface area contributed by atoms with Crippen molar-refractivity contribution in [1.82, 2.24) is 0 Å². The summed E-state index contributed by atoms with van der Waals surface area (Å²) in [6, 6.07) is 12.3. The van der Waals surface area contributed by atoms with Crippen LogP contribution in [0, 0.1) is 19.3 Å². The lowest BCUT2D eigenvalue weighted by Gasteiger charge is -2.07. The van der Waals surface area contributed by atoms with Crippen LogP contribution in [-0.4, -0.2) is 5.91 Å². The molecule has 0 aromatic heterocycles. The lowest BCUT2D eigenvalue weighted by Crippen LogP contribution is -2.12. The monoisotopic (exact) mass is 250 g/mol. The fraction of sp³-hybridized carbons (Fsp3) is 0.0625. The summed E-state index contributed by atoms with van der Waals surface area (Å²) >= 11 is 0. The van der Waals surface area contributed by atoms with Crippen molar-refractivity contribution in [2.75, 3.05) is 11.1 Å². The van der Waals surface area contributed by atoms with Gasteiger partial charge in [0.2, 0.25) is 0 Å². The second kappa shape index (κ2) is 5.28. The van der Waals surface area contributed by atoms with Crippen LogP contribution in [0.25, 0.3) is 0 Å². The van der Waals surface area contributed by atoms with Gasteiger partial charge in [-0.2, -0.15) is 0 Å². The molecule has 0 heterocycles. The third-order valence-corrected chi connectivity index (χ3v) is 2.80. The van der Waals surface area contributed by atoms with Gasteiger partial charge in [0.05, 0.1) is 0 Å². The molecule has 19 heavy (non-hydrogen) atoms. The van der Waals surface area contributed by atoms with Crippen LogP contribution in [0.5, 0.6) is 0 Å². The molecule has 2 aromatic rings. The van der Waals surface area contributed by atoms with Gasteiger partial charge in [-0.15, -0.1) is 6.42 Å². The third kappa shape index (κ3) is 2.93. The van der Waals surface area contributed by atoms with Crippen LogP contribution in [0.3, 0.4) is 0 Å². The van der Waals surface area contributed by atoms with E-state index >= 15 is 0 Å².